The number of nitro benzene ring substituents is 1. The molecule has 0 spiro atoms. The fourth-order valence-corrected chi connectivity index (χ4v) is 1.79. The lowest BCUT2D eigenvalue weighted by Gasteiger charge is -2.02. The Bertz CT molecular complexity index is 652. The van der Waals surface area contributed by atoms with E-state index < -0.39 is 28.3 Å². The summed E-state index contributed by atoms with van der Waals surface area (Å²) in [6.45, 7) is 1.56. The fraction of sp³-hybridized carbons (Fsp3) is 0.231. The van der Waals surface area contributed by atoms with Gasteiger partial charge in [-0.25, -0.2) is 4.39 Å². The van der Waals surface area contributed by atoms with Crippen molar-refractivity contribution in [1.82, 2.24) is 0 Å². The Morgan fingerprint density at radius 3 is 2.65 bits per heavy atom. The van der Waals surface area contributed by atoms with Gasteiger partial charge in [0, 0.05) is 18.6 Å². The number of aliphatic hydroxyl groups is 1. The highest BCUT2D eigenvalue weighted by Gasteiger charge is 2.21. The highest BCUT2D eigenvalue weighted by molar-refractivity contribution is 5.62. The second-order valence-electron chi connectivity index (χ2n) is 4.36. The number of halogens is 2. The number of hydrogen-bond donors (Lipinski definition) is 1. The zero-order valence-corrected chi connectivity index (χ0v) is 10.5. The Morgan fingerprint density at radius 1 is 1.35 bits per heavy atom. The molecule has 0 saturated heterocycles. The summed E-state index contributed by atoms with van der Waals surface area (Å²) >= 11 is 0. The topological polar surface area (TPSA) is 76.5 Å². The van der Waals surface area contributed by atoms with Gasteiger partial charge < -0.3 is 9.52 Å². The van der Waals surface area contributed by atoms with Crippen LogP contribution in [0.2, 0.25) is 0 Å². The number of rotatable bonds is 4. The first-order valence-electron chi connectivity index (χ1n) is 5.79. The monoisotopic (exact) mass is 283 g/mol. The predicted octanol–water partition coefficient (Wildman–Crippen LogP) is 3.06. The first-order valence-corrected chi connectivity index (χ1v) is 5.79. The van der Waals surface area contributed by atoms with Crippen molar-refractivity contribution >= 4 is 5.69 Å². The van der Waals surface area contributed by atoms with Crippen LogP contribution in [0, 0.1) is 21.7 Å². The molecule has 0 saturated carbocycles. The summed E-state index contributed by atoms with van der Waals surface area (Å²) in [5.41, 5.74) is -1.02. The van der Waals surface area contributed by atoms with Crippen molar-refractivity contribution in [3.05, 3.63) is 51.8 Å². The van der Waals surface area contributed by atoms with Gasteiger partial charge in [-0.3, -0.25) is 10.1 Å². The van der Waals surface area contributed by atoms with Gasteiger partial charge in [0.15, 0.2) is 0 Å². The van der Waals surface area contributed by atoms with Crippen molar-refractivity contribution < 1.29 is 23.2 Å². The number of furan rings is 1. The minimum atomic E-state index is -1.24. The smallest absolute Gasteiger partial charge is 0.305 e. The van der Waals surface area contributed by atoms with E-state index in [2.05, 4.69) is 0 Å². The molecule has 1 aromatic carbocycles. The van der Waals surface area contributed by atoms with Crippen LogP contribution in [0.15, 0.2) is 28.7 Å². The summed E-state index contributed by atoms with van der Waals surface area (Å²) in [7, 11) is 0. The molecule has 1 heterocycles. The summed E-state index contributed by atoms with van der Waals surface area (Å²) in [6.07, 6.45) is -0.411. The van der Waals surface area contributed by atoms with Gasteiger partial charge >= 0.3 is 5.69 Å². The van der Waals surface area contributed by atoms with E-state index in [1.54, 1.807) is 6.92 Å². The van der Waals surface area contributed by atoms with Crippen LogP contribution in [-0.4, -0.2) is 16.1 Å². The minimum Gasteiger partial charge on any atom is -0.461 e. The molecule has 2 aromatic rings. The van der Waals surface area contributed by atoms with Gasteiger partial charge in [0.05, 0.1) is 16.6 Å². The normalized spacial score (nSPS) is 12.4. The number of nitro groups is 1. The maximum absolute atomic E-state index is 13.7. The fourth-order valence-electron chi connectivity index (χ4n) is 1.79. The van der Waals surface area contributed by atoms with E-state index in [1.807, 2.05) is 0 Å². The molecule has 106 valence electrons. The maximum Gasteiger partial charge on any atom is 0.305 e. The van der Waals surface area contributed by atoms with Crippen LogP contribution in [0.1, 0.15) is 12.7 Å². The highest BCUT2D eigenvalue weighted by atomic mass is 19.1. The molecule has 0 amide bonds. The molecular weight excluding hydrogens is 272 g/mol. The summed E-state index contributed by atoms with van der Waals surface area (Å²) in [5.74, 6) is -1.75. The van der Waals surface area contributed by atoms with E-state index in [1.165, 1.54) is 12.1 Å². The van der Waals surface area contributed by atoms with E-state index in [0.717, 1.165) is 6.07 Å². The number of benzene rings is 1. The molecule has 5 nitrogen and oxygen atoms in total. The summed E-state index contributed by atoms with van der Waals surface area (Å²) < 4.78 is 32.2. The molecule has 1 atom stereocenters. The molecular formula is C13H11F2NO4. The Balaban J connectivity index is 2.44. The Kier molecular flexibility index (Phi) is 3.80. The van der Waals surface area contributed by atoms with Crippen molar-refractivity contribution in [2.75, 3.05) is 0 Å². The lowest BCUT2D eigenvalue weighted by molar-refractivity contribution is -0.387. The summed E-state index contributed by atoms with van der Waals surface area (Å²) in [4.78, 5) is 9.71. The van der Waals surface area contributed by atoms with Crippen LogP contribution in [0.4, 0.5) is 14.5 Å². The van der Waals surface area contributed by atoms with E-state index in [0.29, 0.717) is 11.8 Å². The summed E-state index contributed by atoms with van der Waals surface area (Å²) in [5, 5.41) is 19.9. The van der Waals surface area contributed by atoms with E-state index in [9.17, 15) is 24.0 Å². The quantitative estimate of drug-likeness (QED) is 0.691. The van der Waals surface area contributed by atoms with Crippen molar-refractivity contribution in [3.8, 4) is 11.3 Å². The predicted molar refractivity (Wildman–Crippen MR) is 66.1 cm³/mol. The van der Waals surface area contributed by atoms with E-state index in [-0.39, 0.29) is 17.7 Å². The average molecular weight is 283 g/mol. The highest BCUT2D eigenvalue weighted by Crippen LogP contribution is 2.30. The van der Waals surface area contributed by atoms with Crippen LogP contribution in [0.25, 0.3) is 11.3 Å². The lowest BCUT2D eigenvalue weighted by atomic mass is 10.1. The minimum absolute atomic E-state index is 0.0428. The van der Waals surface area contributed by atoms with Crippen LogP contribution in [0.3, 0.4) is 0 Å². The summed E-state index contributed by atoms with van der Waals surface area (Å²) in [6, 6.07) is 4.18. The van der Waals surface area contributed by atoms with Crippen LogP contribution in [0.5, 0.6) is 0 Å². The molecule has 0 fully saturated rings. The van der Waals surface area contributed by atoms with Crippen LogP contribution >= 0.6 is 0 Å². The molecule has 0 aliphatic rings. The third-order valence-electron chi connectivity index (χ3n) is 2.66. The van der Waals surface area contributed by atoms with Gasteiger partial charge in [0.2, 0.25) is 5.82 Å². The van der Waals surface area contributed by atoms with Gasteiger partial charge in [-0.05, 0) is 19.1 Å². The molecule has 0 aliphatic carbocycles. The Hall–Kier alpha value is -2.28. The zero-order valence-electron chi connectivity index (χ0n) is 10.5. The van der Waals surface area contributed by atoms with Crippen molar-refractivity contribution in [1.29, 1.82) is 0 Å². The Morgan fingerprint density at radius 2 is 2.05 bits per heavy atom. The molecule has 1 N–H and O–H groups in total. The maximum atomic E-state index is 13.7. The second kappa shape index (κ2) is 5.38. The third kappa shape index (κ3) is 2.83. The lowest BCUT2D eigenvalue weighted by Crippen LogP contribution is -2.02. The van der Waals surface area contributed by atoms with Crippen LogP contribution < -0.4 is 0 Å². The molecule has 20 heavy (non-hydrogen) atoms. The largest absolute Gasteiger partial charge is 0.461 e. The molecule has 0 radical (unpaired) electrons. The molecule has 1 aromatic heterocycles. The van der Waals surface area contributed by atoms with E-state index >= 15 is 0 Å². The number of nitrogens with zero attached hydrogens (tertiary/aromatic N) is 1. The average Bonchev–Trinajstić information content (AvgIpc) is 2.75. The molecule has 2 rings (SSSR count). The molecule has 0 bridgehead atoms. The zero-order chi connectivity index (χ0) is 14.9. The molecule has 7 heteroatoms. The number of aliphatic hydroxyl groups excluding tert-OH is 1. The SMILES string of the molecule is CC(O)Cc1ccc(-c2cc([N+](=O)[O-])c(F)cc2F)o1. The first-order chi connectivity index (χ1) is 9.38. The second-order valence-corrected chi connectivity index (χ2v) is 4.36. The van der Waals surface area contributed by atoms with Gasteiger partial charge in [-0.2, -0.15) is 4.39 Å². The number of hydrogen-bond acceptors (Lipinski definition) is 4. The Labute approximate surface area is 112 Å². The van der Waals surface area contributed by atoms with Crippen molar-refractivity contribution in [2.24, 2.45) is 0 Å². The van der Waals surface area contributed by atoms with Crippen molar-refractivity contribution in [2.45, 2.75) is 19.4 Å². The van der Waals surface area contributed by atoms with Gasteiger partial charge in [-0.15, -0.1) is 0 Å². The first kappa shape index (κ1) is 14.1. The molecule has 1 unspecified atom stereocenters. The van der Waals surface area contributed by atoms with Gasteiger partial charge in [0.1, 0.15) is 17.3 Å². The van der Waals surface area contributed by atoms with Gasteiger partial charge in [0.25, 0.3) is 0 Å². The van der Waals surface area contributed by atoms with Crippen LogP contribution in [-0.2, 0) is 6.42 Å². The van der Waals surface area contributed by atoms with Gasteiger partial charge in [-0.1, -0.05) is 0 Å². The van der Waals surface area contributed by atoms with Crippen molar-refractivity contribution in [3.63, 3.8) is 0 Å². The molecule has 0 aliphatic heterocycles. The van der Waals surface area contributed by atoms with E-state index in [4.69, 9.17) is 4.42 Å². The third-order valence-corrected chi connectivity index (χ3v) is 2.66. The standard InChI is InChI=1S/C13H11F2NO4/c1-7(17)4-8-2-3-13(20-8)9-5-12(16(18)19)11(15)6-10(9)14/h2-3,5-7,17H,4H2,1H3.